The lowest BCUT2D eigenvalue weighted by Crippen LogP contribution is -2.31. The number of hydrogen-bond acceptors (Lipinski definition) is 3. The van der Waals surface area contributed by atoms with Gasteiger partial charge in [0.2, 0.25) is 0 Å². The molecule has 0 aliphatic carbocycles. The Bertz CT molecular complexity index is 855. The van der Waals surface area contributed by atoms with E-state index in [-0.39, 0.29) is 11.9 Å². The Morgan fingerprint density at radius 3 is 2.42 bits per heavy atom. The number of aryl methyl sites for hydroxylation is 1. The van der Waals surface area contributed by atoms with Crippen molar-refractivity contribution in [1.29, 1.82) is 0 Å². The highest BCUT2D eigenvalue weighted by atomic mass is 16.1. The normalized spacial score (nSPS) is 11.8. The minimum absolute atomic E-state index is 0.118. The third-order valence-electron chi connectivity index (χ3n) is 4.57. The zero-order chi connectivity index (χ0) is 18.5. The average molecular weight is 348 g/mol. The Morgan fingerprint density at radius 2 is 1.85 bits per heavy atom. The van der Waals surface area contributed by atoms with Crippen LogP contribution in [0.1, 0.15) is 34.7 Å². The molecule has 2 aromatic carbocycles. The molecule has 26 heavy (non-hydrogen) atoms. The summed E-state index contributed by atoms with van der Waals surface area (Å²) in [5.74, 6) is 0.680. The number of amides is 1. The first-order valence-electron chi connectivity index (χ1n) is 8.74. The van der Waals surface area contributed by atoms with E-state index in [4.69, 9.17) is 0 Å². The van der Waals surface area contributed by atoms with Crippen molar-refractivity contribution in [2.45, 2.75) is 13.0 Å². The van der Waals surface area contributed by atoms with Crippen molar-refractivity contribution < 1.29 is 4.79 Å². The molecule has 0 fully saturated rings. The molecule has 0 radical (unpaired) electrons. The number of imidazole rings is 1. The van der Waals surface area contributed by atoms with Crippen molar-refractivity contribution in [2.75, 3.05) is 18.5 Å². The second kappa shape index (κ2) is 7.87. The lowest BCUT2D eigenvalue weighted by molar-refractivity contribution is 0.0941. The van der Waals surface area contributed by atoms with Gasteiger partial charge in [0.05, 0.1) is 0 Å². The number of carbonyl (C=O) groups is 1. The van der Waals surface area contributed by atoms with Gasteiger partial charge in [0.1, 0.15) is 11.9 Å². The lowest BCUT2D eigenvalue weighted by atomic mass is 10.1. The average Bonchev–Trinajstić information content (AvgIpc) is 3.11. The topological polar surface area (TPSA) is 50.2 Å². The van der Waals surface area contributed by atoms with Gasteiger partial charge in [-0.1, -0.05) is 30.3 Å². The third-order valence-corrected chi connectivity index (χ3v) is 4.57. The van der Waals surface area contributed by atoms with Gasteiger partial charge in [-0.15, -0.1) is 0 Å². The molecule has 0 aliphatic heterocycles. The van der Waals surface area contributed by atoms with Gasteiger partial charge in [0.15, 0.2) is 0 Å². The maximum absolute atomic E-state index is 12.8. The van der Waals surface area contributed by atoms with Crippen LogP contribution in [0.2, 0.25) is 0 Å². The Labute approximate surface area is 154 Å². The molecule has 134 valence electrons. The third kappa shape index (κ3) is 3.77. The number of nitrogens with zero attached hydrogens (tertiary/aromatic N) is 3. The van der Waals surface area contributed by atoms with E-state index in [9.17, 15) is 4.79 Å². The minimum Gasteiger partial charge on any atom is -0.375 e. The summed E-state index contributed by atoms with van der Waals surface area (Å²) >= 11 is 0. The fraction of sp³-hybridized carbons (Fsp3) is 0.238. The highest BCUT2D eigenvalue weighted by molar-refractivity contribution is 5.95. The number of anilines is 1. The van der Waals surface area contributed by atoms with Gasteiger partial charge in [0, 0.05) is 44.3 Å². The number of aromatic nitrogens is 2. The van der Waals surface area contributed by atoms with Gasteiger partial charge >= 0.3 is 0 Å². The Hall–Kier alpha value is -3.08. The molecule has 1 N–H and O–H groups in total. The quantitative estimate of drug-likeness (QED) is 0.743. The molecule has 1 aromatic heterocycles. The van der Waals surface area contributed by atoms with E-state index < -0.39 is 0 Å². The van der Waals surface area contributed by atoms with E-state index in [1.54, 1.807) is 6.20 Å². The molecular formula is C21H24N4O. The first-order chi connectivity index (χ1) is 12.6. The highest BCUT2D eigenvalue weighted by Gasteiger charge is 2.21. The summed E-state index contributed by atoms with van der Waals surface area (Å²) in [7, 11) is 3.96. The minimum atomic E-state index is -0.304. The number of carbonyl (C=O) groups excluding carboxylic acids is 1. The fourth-order valence-electron chi connectivity index (χ4n) is 2.86. The number of rotatable bonds is 6. The van der Waals surface area contributed by atoms with Crippen molar-refractivity contribution >= 4 is 11.6 Å². The van der Waals surface area contributed by atoms with Crippen molar-refractivity contribution in [2.24, 2.45) is 7.05 Å². The zero-order valence-corrected chi connectivity index (χ0v) is 15.4. The SMILES string of the molecule is CCN(C)c1ccc(C(=O)N[C@@H](c2ccccc2)c2nccn2C)cc1. The molecule has 1 amide bonds. The highest BCUT2D eigenvalue weighted by Crippen LogP contribution is 2.21. The summed E-state index contributed by atoms with van der Waals surface area (Å²) in [5.41, 5.74) is 2.72. The first-order valence-corrected chi connectivity index (χ1v) is 8.74. The summed E-state index contributed by atoms with van der Waals surface area (Å²) in [4.78, 5) is 19.4. The molecule has 0 bridgehead atoms. The van der Waals surface area contributed by atoms with Crippen LogP contribution in [0.5, 0.6) is 0 Å². The summed E-state index contributed by atoms with van der Waals surface area (Å²) in [6.45, 7) is 3.01. The predicted octanol–water partition coefficient (Wildman–Crippen LogP) is 3.40. The molecule has 5 heteroatoms. The smallest absolute Gasteiger partial charge is 0.252 e. The van der Waals surface area contributed by atoms with Gasteiger partial charge < -0.3 is 14.8 Å². The van der Waals surface area contributed by atoms with Gasteiger partial charge in [0.25, 0.3) is 5.91 Å². The molecule has 5 nitrogen and oxygen atoms in total. The van der Waals surface area contributed by atoms with E-state index in [0.29, 0.717) is 5.56 Å². The van der Waals surface area contributed by atoms with E-state index in [0.717, 1.165) is 23.6 Å². The van der Waals surface area contributed by atoms with E-state index >= 15 is 0 Å². The van der Waals surface area contributed by atoms with E-state index in [1.165, 1.54) is 0 Å². The van der Waals surface area contributed by atoms with E-state index in [1.807, 2.05) is 79.5 Å². The molecular weight excluding hydrogens is 324 g/mol. The van der Waals surface area contributed by atoms with Crippen molar-refractivity contribution in [3.63, 3.8) is 0 Å². The molecule has 1 heterocycles. The van der Waals surface area contributed by atoms with Crippen LogP contribution in [-0.4, -0.2) is 29.1 Å². The number of hydrogen-bond donors (Lipinski definition) is 1. The van der Waals surface area contributed by atoms with E-state index in [2.05, 4.69) is 22.1 Å². The second-order valence-electron chi connectivity index (χ2n) is 6.27. The monoisotopic (exact) mass is 348 g/mol. The van der Waals surface area contributed by atoms with Gasteiger partial charge in [-0.3, -0.25) is 4.79 Å². The Kier molecular flexibility index (Phi) is 5.37. The van der Waals surface area contributed by atoms with Crippen LogP contribution in [0.4, 0.5) is 5.69 Å². The molecule has 0 saturated carbocycles. The van der Waals surface area contributed by atoms with Gasteiger partial charge in [-0.25, -0.2) is 4.98 Å². The maximum atomic E-state index is 12.8. The van der Waals surface area contributed by atoms with Crippen LogP contribution in [0.25, 0.3) is 0 Å². The van der Waals surface area contributed by atoms with Crippen LogP contribution < -0.4 is 10.2 Å². The lowest BCUT2D eigenvalue weighted by Gasteiger charge is -2.20. The van der Waals surface area contributed by atoms with Gasteiger partial charge in [-0.05, 0) is 36.8 Å². The summed E-state index contributed by atoms with van der Waals surface area (Å²) in [6, 6.07) is 17.2. The Morgan fingerprint density at radius 1 is 1.15 bits per heavy atom. The van der Waals surface area contributed by atoms with Crippen LogP contribution >= 0.6 is 0 Å². The molecule has 0 unspecified atom stereocenters. The molecule has 0 saturated heterocycles. The van der Waals surface area contributed by atoms with Crippen LogP contribution in [0, 0.1) is 0 Å². The van der Waals surface area contributed by atoms with Gasteiger partial charge in [-0.2, -0.15) is 0 Å². The largest absolute Gasteiger partial charge is 0.375 e. The number of nitrogens with one attached hydrogen (secondary N) is 1. The molecule has 0 aliphatic rings. The second-order valence-corrected chi connectivity index (χ2v) is 6.27. The molecule has 0 spiro atoms. The molecule has 3 aromatic rings. The van der Waals surface area contributed by atoms with Crippen molar-refractivity contribution in [3.05, 3.63) is 83.9 Å². The van der Waals surface area contributed by atoms with Crippen LogP contribution in [0.3, 0.4) is 0 Å². The first kappa shape index (κ1) is 17.7. The van der Waals surface area contributed by atoms with Crippen LogP contribution in [0.15, 0.2) is 67.0 Å². The summed E-state index contributed by atoms with van der Waals surface area (Å²) < 4.78 is 1.93. The maximum Gasteiger partial charge on any atom is 0.252 e. The van der Waals surface area contributed by atoms with Crippen molar-refractivity contribution in [1.82, 2.24) is 14.9 Å². The molecule has 1 atom stereocenters. The van der Waals surface area contributed by atoms with Crippen LogP contribution in [-0.2, 0) is 7.05 Å². The summed E-state index contributed by atoms with van der Waals surface area (Å²) in [5, 5.41) is 3.12. The summed E-state index contributed by atoms with van der Waals surface area (Å²) in [6.07, 6.45) is 3.62. The fourth-order valence-corrected chi connectivity index (χ4v) is 2.86. The van der Waals surface area contributed by atoms with Crippen molar-refractivity contribution in [3.8, 4) is 0 Å². The number of benzene rings is 2. The zero-order valence-electron chi connectivity index (χ0n) is 15.4. The standard InChI is InChI=1S/C21H24N4O/c1-4-24(2)18-12-10-17(11-13-18)21(26)23-19(16-8-6-5-7-9-16)20-22-14-15-25(20)3/h5-15,19H,4H2,1-3H3,(H,23,26)/t19-/m0/s1. The Balaban J connectivity index is 1.85. The molecule has 3 rings (SSSR count). The predicted molar refractivity (Wildman–Crippen MR) is 104 cm³/mol.